The van der Waals surface area contributed by atoms with Gasteiger partial charge in [-0.3, -0.25) is 4.79 Å². The molecule has 0 atom stereocenters. The van der Waals surface area contributed by atoms with Crippen molar-refractivity contribution in [3.63, 3.8) is 0 Å². The molecule has 20 heavy (non-hydrogen) atoms. The van der Waals surface area contributed by atoms with E-state index in [1.54, 1.807) is 18.2 Å². The minimum absolute atomic E-state index is 0.0748. The van der Waals surface area contributed by atoms with Crippen LogP contribution in [0.2, 0.25) is 5.02 Å². The van der Waals surface area contributed by atoms with Crippen molar-refractivity contribution < 1.29 is 4.79 Å². The third-order valence-corrected chi connectivity index (χ3v) is 4.51. The molecule has 1 aromatic rings. The summed E-state index contributed by atoms with van der Waals surface area (Å²) >= 11 is 9.31. The van der Waals surface area contributed by atoms with Crippen LogP contribution in [0.25, 0.3) is 0 Å². The van der Waals surface area contributed by atoms with E-state index in [4.69, 9.17) is 11.6 Å². The maximum absolute atomic E-state index is 12.1. The number of nitrogens with zero attached hydrogens (tertiary/aromatic N) is 1. The van der Waals surface area contributed by atoms with Crippen LogP contribution in [0.4, 0.5) is 0 Å². The van der Waals surface area contributed by atoms with E-state index in [0.717, 1.165) is 24.1 Å². The smallest absolute Gasteiger partial charge is 0.252 e. The maximum atomic E-state index is 12.1. The summed E-state index contributed by atoms with van der Waals surface area (Å²) in [6, 6.07) is 5.25. The molecule has 1 aromatic carbocycles. The second-order valence-electron chi connectivity index (χ2n) is 5.14. The fourth-order valence-electron chi connectivity index (χ4n) is 2.45. The summed E-state index contributed by atoms with van der Waals surface area (Å²) in [4.78, 5) is 14.5. The van der Waals surface area contributed by atoms with Gasteiger partial charge >= 0.3 is 0 Å². The number of benzene rings is 1. The summed E-state index contributed by atoms with van der Waals surface area (Å²) in [7, 11) is 0. The normalized spacial score (nSPS) is 16.7. The van der Waals surface area contributed by atoms with Crippen LogP contribution in [0, 0.1) is 0 Å². The summed E-state index contributed by atoms with van der Waals surface area (Å²) < 4.78 is 0.772. The van der Waals surface area contributed by atoms with Gasteiger partial charge in [0.2, 0.25) is 0 Å². The zero-order valence-electron chi connectivity index (χ0n) is 11.5. The number of amides is 1. The molecule has 0 radical (unpaired) electrons. The lowest BCUT2D eigenvalue weighted by molar-refractivity contribution is 0.0947. The highest BCUT2D eigenvalue weighted by Crippen LogP contribution is 2.20. The lowest BCUT2D eigenvalue weighted by Gasteiger charge is -2.19. The van der Waals surface area contributed by atoms with Crippen LogP contribution in [0.15, 0.2) is 22.7 Å². The van der Waals surface area contributed by atoms with Crippen molar-refractivity contribution in [2.45, 2.75) is 25.7 Å². The van der Waals surface area contributed by atoms with Gasteiger partial charge in [-0.05, 0) is 60.1 Å². The van der Waals surface area contributed by atoms with Crippen LogP contribution in [0.3, 0.4) is 0 Å². The SMILES string of the molecule is O=C(NCCN1CCCCCC1)c1cc(Cl)ccc1Br. The van der Waals surface area contributed by atoms with Gasteiger partial charge in [0.05, 0.1) is 5.56 Å². The highest BCUT2D eigenvalue weighted by molar-refractivity contribution is 9.10. The number of rotatable bonds is 4. The summed E-state index contributed by atoms with van der Waals surface area (Å²) in [6.45, 7) is 3.90. The highest BCUT2D eigenvalue weighted by atomic mass is 79.9. The topological polar surface area (TPSA) is 32.3 Å². The third-order valence-electron chi connectivity index (χ3n) is 3.59. The Kier molecular flexibility index (Phi) is 6.33. The highest BCUT2D eigenvalue weighted by Gasteiger charge is 2.12. The Hall–Kier alpha value is -0.580. The van der Waals surface area contributed by atoms with Gasteiger partial charge in [0.15, 0.2) is 0 Å². The molecule has 1 amide bonds. The molecule has 0 spiro atoms. The van der Waals surface area contributed by atoms with Crippen LogP contribution in [0.5, 0.6) is 0 Å². The first kappa shape index (κ1) is 15.8. The number of likely N-dealkylation sites (tertiary alicyclic amines) is 1. The molecule has 0 aromatic heterocycles. The van der Waals surface area contributed by atoms with Gasteiger partial charge in [-0.25, -0.2) is 0 Å². The Balaban J connectivity index is 1.81. The predicted octanol–water partition coefficient (Wildman–Crippen LogP) is 3.71. The Labute approximate surface area is 133 Å². The molecule has 1 aliphatic heterocycles. The molecule has 0 unspecified atom stereocenters. The third kappa shape index (κ3) is 4.76. The van der Waals surface area contributed by atoms with E-state index in [1.165, 1.54) is 25.7 Å². The van der Waals surface area contributed by atoms with Gasteiger partial charge in [-0.1, -0.05) is 24.4 Å². The molecular formula is C15H20BrClN2O. The number of hydrogen-bond donors (Lipinski definition) is 1. The molecule has 1 saturated heterocycles. The second kappa shape index (κ2) is 8.01. The van der Waals surface area contributed by atoms with Crippen molar-refractivity contribution in [3.05, 3.63) is 33.3 Å². The van der Waals surface area contributed by atoms with Crippen molar-refractivity contribution in [1.82, 2.24) is 10.2 Å². The fraction of sp³-hybridized carbons (Fsp3) is 0.533. The number of nitrogens with one attached hydrogen (secondary N) is 1. The first-order chi connectivity index (χ1) is 9.66. The van der Waals surface area contributed by atoms with E-state index >= 15 is 0 Å². The van der Waals surface area contributed by atoms with Crippen molar-refractivity contribution in [2.75, 3.05) is 26.2 Å². The minimum atomic E-state index is -0.0748. The number of hydrogen-bond acceptors (Lipinski definition) is 2. The Morgan fingerprint density at radius 3 is 2.65 bits per heavy atom. The number of halogens is 2. The Bertz CT molecular complexity index is 459. The summed E-state index contributed by atoms with van der Waals surface area (Å²) in [6.07, 6.45) is 5.21. The van der Waals surface area contributed by atoms with Gasteiger partial charge in [0.1, 0.15) is 0 Å². The maximum Gasteiger partial charge on any atom is 0.252 e. The summed E-state index contributed by atoms with van der Waals surface area (Å²) in [5.41, 5.74) is 0.591. The molecular weight excluding hydrogens is 340 g/mol. The van der Waals surface area contributed by atoms with E-state index in [1.807, 2.05) is 0 Å². The van der Waals surface area contributed by atoms with E-state index in [9.17, 15) is 4.79 Å². The summed E-state index contributed by atoms with van der Waals surface area (Å²) in [5, 5.41) is 3.54. The molecule has 1 fully saturated rings. The van der Waals surface area contributed by atoms with E-state index < -0.39 is 0 Å². The van der Waals surface area contributed by atoms with Crippen molar-refractivity contribution in [1.29, 1.82) is 0 Å². The zero-order valence-corrected chi connectivity index (χ0v) is 13.8. The van der Waals surface area contributed by atoms with Crippen molar-refractivity contribution in [2.24, 2.45) is 0 Å². The van der Waals surface area contributed by atoms with Gasteiger partial charge < -0.3 is 10.2 Å². The molecule has 110 valence electrons. The molecule has 5 heteroatoms. The van der Waals surface area contributed by atoms with Gasteiger partial charge in [0, 0.05) is 22.6 Å². The Morgan fingerprint density at radius 1 is 1.25 bits per heavy atom. The molecule has 1 N–H and O–H groups in total. The monoisotopic (exact) mass is 358 g/mol. The van der Waals surface area contributed by atoms with Gasteiger partial charge in [-0.15, -0.1) is 0 Å². The van der Waals surface area contributed by atoms with Crippen LogP contribution < -0.4 is 5.32 Å². The molecule has 2 rings (SSSR count). The molecule has 0 aliphatic carbocycles. The van der Waals surface area contributed by atoms with Crippen molar-refractivity contribution >= 4 is 33.4 Å². The standard InChI is InChI=1S/C15H20BrClN2O/c16-14-6-5-12(17)11-13(14)15(20)18-7-10-19-8-3-1-2-4-9-19/h5-6,11H,1-4,7-10H2,(H,18,20). The average Bonchev–Trinajstić information content (AvgIpc) is 2.70. The van der Waals surface area contributed by atoms with E-state index in [-0.39, 0.29) is 5.91 Å². The zero-order chi connectivity index (χ0) is 14.4. The van der Waals surface area contributed by atoms with Crippen LogP contribution in [0.1, 0.15) is 36.0 Å². The lowest BCUT2D eigenvalue weighted by atomic mass is 10.2. The number of carbonyl (C=O) groups excluding carboxylic acids is 1. The molecule has 0 bridgehead atoms. The molecule has 0 saturated carbocycles. The fourth-order valence-corrected chi connectivity index (χ4v) is 3.05. The van der Waals surface area contributed by atoms with Gasteiger partial charge in [0.25, 0.3) is 5.91 Å². The largest absolute Gasteiger partial charge is 0.351 e. The minimum Gasteiger partial charge on any atom is -0.351 e. The predicted molar refractivity (Wildman–Crippen MR) is 86.4 cm³/mol. The van der Waals surface area contributed by atoms with Crippen LogP contribution in [-0.4, -0.2) is 37.0 Å². The summed E-state index contributed by atoms with van der Waals surface area (Å²) in [5.74, 6) is -0.0748. The van der Waals surface area contributed by atoms with Crippen LogP contribution in [-0.2, 0) is 0 Å². The van der Waals surface area contributed by atoms with Crippen LogP contribution >= 0.6 is 27.5 Å². The first-order valence-corrected chi connectivity index (χ1v) is 8.29. The van der Waals surface area contributed by atoms with E-state index in [0.29, 0.717) is 17.1 Å². The molecule has 1 aliphatic rings. The lowest BCUT2D eigenvalue weighted by Crippen LogP contribution is -2.35. The number of carbonyl (C=O) groups is 1. The quantitative estimate of drug-likeness (QED) is 0.889. The average molecular weight is 360 g/mol. The first-order valence-electron chi connectivity index (χ1n) is 7.12. The van der Waals surface area contributed by atoms with Crippen molar-refractivity contribution in [3.8, 4) is 0 Å². The second-order valence-corrected chi connectivity index (χ2v) is 6.43. The van der Waals surface area contributed by atoms with E-state index in [2.05, 4.69) is 26.1 Å². The van der Waals surface area contributed by atoms with Gasteiger partial charge in [-0.2, -0.15) is 0 Å². The Morgan fingerprint density at radius 2 is 1.95 bits per heavy atom. The molecule has 1 heterocycles. The molecule has 3 nitrogen and oxygen atoms in total.